The van der Waals surface area contributed by atoms with E-state index < -0.39 is 12.2 Å². The number of ether oxygens (including phenoxy) is 1. The maximum atomic E-state index is 13.9. The summed E-state index contributed by atoms with van der Waals surface area (Å²) in [5.41, 5.74) is 1.40. The second kappa shape index (κ2) is 12.4. The number of urea groups is 1. The van der Waals surface area contributed by atoms with Crippen molar-refractivity contribution in [1.82, 2.24) is 25.1 Å². The van der Waals surface area contributed by atoms with Crippen LogP contribution in [0.15, 0.2) is 54.6 Å². The number of benzene rings is 2. The van der Waals surface area contributed by atoms with Crippen molar-refractivity contribution < 1.29 is 23.5 Å². The summed E-state index contributed by atoms with van der Waals surface area (Å²) in [6, 6.07) is 15.0. The normalized spacial score (nSPS) is 20.9. The zero-order valence-corrected chi connectivity index (χ0v) is 22.2. The van der Waals surface area contributed by atoms with E-state index in [-0.39, 0.29) is 62.4 Å². The maximum Gasteiger partial charge on any atom is 0.334 e. The van der Waals surface area contributed by atoms with Gasteiger partial charge in [0, 0.05) is 25.7 Å². The monoisotopic (exact) mass is 525 g/mol. The van der Waals surface area contributed by atoms with Crippen LogP contribution in [0.4, 0.5) is 9.18 Å². The van der Waals surface area contributed by atoms with Crippen molar-refractivity contribution in [2.75, 3.05) is 33.3 Å². The first kappa shape index (κ1) is 27.5. The van der Waals surface area contributed by atoms with Crippen LogP contribution in [-0.4, -0.2) is 83.2 Å². The molecule has 4 amide bonds. The molecular weight excluding hydrogens is 489 g/mol. The van der Waals surface area contributed by atoms with Crippen molar-refractivity contribution in [2.45, 2.75) is 45.6 Å². The summed E-state index contributed by atoms with van der Waals surface area (Å²) in [5.74, 6) is -0.782. The van der Waals surface area contributed by atoms with Gasteiger partial charge in [0.05, 0.1) is 26.3 Å². The number of carbonyl (C=O) groups is 3. The number of likely N-dealkylation sites (N-methyl/N-ethyl adjacent to an activating group) is 1. The van der Waals surface area contributed by atoms with Gasteiger partial charge in [-0.3, -0.25) is 9.59 Å². The molecule has 0 aromatic heterocycles. The molecule has 2 aromatic carbocycles. The average Bonchev–Trinajstić information content (AvgIpc) is 2.91. The van der Waals surface area contributed by atoms with Crippen molar-refractivity contribution in [2.24, 2.45) is 5.92 Å². The number of halogens is 1. The highest BCUT2D eigenvalue weighted by molar-refractivity contribution is 5.91. The molecule has 2 aliphatic heterocycles. The molecule has 2 fully saturated rings. The number of fused-ring (bicyclic) bond motifs is 1. The summed E-state index contributed by atoms with van der Waals surface area (Å²) in [6.45, 7) is 4.98. The smallest absolute Gasteiger partial charge is 0.334 e. The van der Waals surface area contributed by atoms with Crippen LogP contribution in [0.1, 0.15) is 31.4 Å². The molecule has 204 valence electrons. The van der Waals surface area contributed by atoms with Gasteiger partial charge in [-0.15, -0.1) is 0 Å². The Balaban J connectivity index is 1.50. The van der Waals surface area contributed by atoms with Crippen LogP contribution in [0.2, 0.25) is 0 Å². The summed E-state index contributed by atoms with van der Waals surface area (Å²) < 4.78 is 19.6. The van der Waals surface area contributed by atoms with Gasteiger partial charge in [0.1, 0.15) is 18.0 Å². The van der Waals surface area contributed by atoms with Gasteiger partial charge in [0.25, 0.3) is 0 Å². The minimum atomic E-state index is -0.684. The predicted octanol–water partition coefficient (Wildman–Crippen LogP) is 2.83. The average molecular weight is 526 g/mol. The molecule has 4 rings (SSSR count). The van der Waals surface area contributed by atoms with Crippen molar-refractivity contribution in [3.8, 4) is 0 Å². The lowest BCUT2D eigenvalue weighted by atomic mass is 9.92. The highest BCUT2D eigenvalue weighted by atomic mass is 19.1. The van der Waals surface area contributed by atoms with Gasteiger partial charge >= 0.3 is 6.03 Å². The molecule has 3 atom stereocenters. The highest BCUT2D eigenvalue weighted by Crippen LogP contribution is 2.30. The van der Waals surface area contributed by atoms with Gasteiger partial charge in [-0.05, 0) is 17.5 Å². The number of nitrogens with one attached hydrogen (secondary N) is 1. The maximum absolute atomic E-state index is 13.9. The molecule has 9 nitrogen and oxygen atoms in total. The molecule has 2 aliphatic rings. The Morgan fingerprint density at radius 2 is 1.84 bits per heavy atom. The van der Waals surface area contributed by atoms with E-state index in [2.05, 4.69) is 5.32 Å². The van der Waals surface area contributed by atoms with Crippen LogP contribution in [0.3, 0.4) is 0 Å². The third-order valence-electron chi connectivity index (χ3n) is 7.27. The molecule has 2 heterocycles. The summed E-state index contributed by atoms with van der Waals surface area (Å²) in [6.07, 6.45) is 0.0425. The molecule has 0 aliphatic carbocycles. The van der Waals surface area contributed by atoms with Gasteiger partial charge in [0.15, 0.2) is 0 Å². The molecule has 0 radical (unpaired) electrons. The number of piperazine rings is 1. The van der Waals surface area contributed by atoms with E-state index >= 15 is 0 Å². The fourth-order valence-electron chi connectivity index (χ4n) is 5.02. The molecule has 1 unspecified atom stereocenters. The Hall–Kier alpha value is -3.50. The van der Waals surface area contributed by atoms with E-state index in [1.54, 1.807) is 45.1 Å². The Morgan fingerprint density at radius 3 is 2.55 bits per heavy atom. The van der Waals surface area contributed by atoms with Crippen LogP contribution in [0.25, 0.3) is 0 Å². The number of rotatable bonds is 9. The third-order valence-corrected chi connectivity index (χ3v) is 7.27. The van der Waals surface area contributed by atoms with Crippen LogP contribution >= 0.6 is 0 Å². The zero-order valence-electron chi connectivity index (χ0n) is 22.2. The minimum absolute atomic E-state index is 0.00121. The Kier molecular flexibility index (Phi) is 8.96. The molecule has 1 N–H and O–H groups in total. The molecule has 2 saturated heterocycles. The topological polar surface area (TPSA) is 85.4 Å². The van der Waals surface area contributed by atoms with Crippen LogP contribution in [0, 0.1) is 11.7 Å². The number of carbonyl (C=O) groups excluding carboxylic acids is 3. The zero-order chi connectivity index (χ0) is 27.2. The second-order valence-corrected chi connectivity index (χ2v) is 9.84. The lowest BCUT2D eigenvalue weighted by Gasteiger charge is -2.55. The van der Waals surface area contributed by atoms with E-state index in [1.165, 1.54) is 6.07 Å². The molecule has 0 bridgehead atoms. The first-order chi connectivity index (χ1) is 18.3. The summed E-state index contributed by atoms with van der Waals surface area (Å²) in [5, 5.41) is 6.10. The number of hydrogen-bond acceptors (Lipinski definition) is 5. The van der Waals surface area contributed by atoms with Crippen molar-refractivity contribution in [3.05, 3.63) is 71.5 Å². The third kappa shape index (κ3) is 5.97. The standard InChI is InChI=1S/C28H36FN5O4/c1-4-20(2)26-27(36)32(14-15-38-19-22-12-8-9-13-23(22)29)17-24-33(26)25(35)18-31(3)34(24)28(37)30-16-21-10-6-5-7-11-21/h5-13,20,24,26H,4,14-19H2,1-3H3,(H,30,37)/t20?,24-,26-/m0/s1. The van der Waals surface area contributed by atoms with Crippen LogP contribution in [-0.2, 0) is 27.5 Å². The highest BCUT2D eigenvalue weighted by Gasteiger charge is 2.51. The Bertz CT molecular complexity index is 1130. The number of amides is 4. The van der Waals surface area contributed by atoms with Crippen molar-refractivity contribution in [3.63, 3.8) is 0 Å². The number of hydrogen-bond donors (Lipinski definition) is 1. The number of nitrogens with zero attached hydrogens (tertiary/aromatic N) is 4. The Morgan fingerprint density at radius 1 is 1.13 bits per heavy atom. The van der Waals surface area contributed by atoms with Gasteiger partial charge in [-0.2, -0.15) is 0 Å². The van der Waals surface area contributed by atoms with Crippen molar-refractivity contribution >= 4 is 17.8 Å². The predicted molar refractivity (Wildman–Crippen MR) is 140 cm³/mol. The largest absolute Gasteiger partial charge is 0.375 e. The van der Waals surface area contributed by atoms with Gasteiger partial charge < -0.3 is 19.9 Å². The Labute approximate surface area is 223 Å². The van der Waals surface area contributed by atoms with E-state index in [0.29, 0.717) is 18.5 Å². The van der Waals surface area contributed by atoms with E-state index in [0.717, 1.165) is 5.56 Å². The fraction of sp³-hybridized carbons (Fsp3) is 0.464. The SMILES string of the molecule is CCC(C)[C@H]1C(=O)N(CCOCc2ccccc2F)C[C@H]2N1C(=O)CN(C)N2C(=O)NCc1ccccc1. The fourth-order valence-corrected chi connectivity index (χ4v) is 5.02. The lowest BCUT2D eigenvalue weighted by Crippen LogP contribution is -2.76. The van der Waals surface area contributed by atoms with Gasteiger partial charge in [0.2, 0.25) is 11.8 Å². The van der Waals surface area contributed by atoms with Gasteiger partial charge in [-0.25, -0.2) is 19.2 Å². The van der Waals surface area contributed by atoms with E-state index in [9.17, 15) is 18.8 Å². The molecule has 0 spiro atoms. The molecule has 0 saturated carbocycles. The van der Waals surface area contributed by atoms with Gasteiger partial charge in [-0.1, -0.05) is 68.8 Å². The van der Waals surface area contributed by atoms with Crippen LogP contribution in [0.5, 0.6) is 0 Å². The molecular formula is C28H36FN5O4. The molecule has 10 heteroatoms. The first-order valence-corrected chi connectivity index (χ1v) is 13.0. The first-order valence-electron chi connectivity index (χ1n) is 13.0. The summed E-state index contributed by atoms with van der Waals surface area (Å²) in [7, 11) is 1.70. The van der Waals surface area contributed by atoms with E-state index in [4.69, 9.17) is 4.74 Å². The minimum Gasteiger partial charge on any atom is -0.375 e. The summed E-state index contributed by atoms with van der Waals surface area (Å²) >= 11 is 0. The van der Waals surface area contributed by atoms with E-state index in [1.807, 2.05) is 44.2 Å². The number of hydrazine groups is 1. The lowest BCUT2D eigenvalue weighted by molar-refractivity contribution is -0.190. The second-order valence-electron chi connectivity index (χ2n) is 9.84. The van der Waals surface area contributed by atoms with Crippen molar-refractivity contribution in [1.29, 1.82) is 0 Å². The molecule has 38 heavy (non-hydrogen) atoms. The van der Waals surface area contributed by atoms with Crippen LogP contribution < -0.4 is 5.32 Å². The quantitative estimate of drug-likeness (QED) is 0.509. The molecule has 2 aromatic rings. The summed E-state index contributed by atoms with van der Waals surface area (Å²) in [4.78, 5) is 43.5.